The second-order valence-corrected chi connectivity index (χ2v) is 7.23. The van der Waals surface area contributed by atoms with E-state index in [9.17, 15) is 0 Å². The Labute approximate surface area is 136 Å². The third kappa shape index (κ3) is 4.45. The van der Waals surface area contributed by atoms with E-state index in [1.165, 1.54) is 22.9 Å². The van der Waals surface area contributed by atoms with Gasteiger partial charge in [0.15, 0.2) is 0 Å². The van der Waals surface area contributed by atoms with E-state index in [1.807, 2.05) is 6.07 Å². The van der Waals surface area contributed by atoms with Crippen molar-refractivity contribution in [2.24, 2.45) is 5.92 Å². The Kier molecular flexibility index (Phi) is 6.34. The molecule has 1 N–H and O–H groups in total. The minimum atomic E-state index is 0.465. The molecule has 112 valence electrons. The maximum atomic E-state index is 6.21. The lowest BCUT2D eigenvalue weighted by Gasteiger charge is -2.36. The van der Waals surface area contributed by atoms with Crippen LogP contribution < -0.4 is 5.32 Å². The van der Waals surface area contributed by atoms with E-state index in [0.717, 1.165) is 37.1 Å². The van der Waals surface area contributed by atoms with Gasteiger partial charge in [0, 0.05) is 41.7 Å². The van der Waals surface area contributed by atoms with Gasteiger partial charge in [-0.2, -0.15) is 0 Å². The van der Waals surface area contributed by atoms with Gasteiger partial charge < -0.3 is 5.32 Å². The summed E-state index contributed by atoms with van der Waals surface area (Å²) >= 11 is 9.91. The lowest BCUT2D eigenvalue weighted by molar-refractivity contribution is 0.159. The van der Waals surface area contributed by atoms with Gasteiger partial charge in [-0.25, -0.2) is 0 Å². The van der Waals surface area contributed by atoms with Crippen molar-refractivity contribution in [1.29, 1.82) is 0 Å². The number of benzene rings is 1. The largest absolute Gasteiger partial charge is 0.314 e. The minimum absolute atomic E-state index is 0.465. The summed E-state index contributed by atoms with van der Waals surface area (Å²) in [7, 11) is 0. The summed E-state index contributed by atoms with van der Waals surface area (Å²) < 4.78 is 1.18. The Bertz CT molecular complexity index is 430. The van der Waals surface area contributed by atoms with Crippen molar-refractivity contribution in [3.8, 4) is 0 Å². The van der Waals surface area contributed by atoms with E-state index in [-0.39, 0.29) is 0 Å². The van der Waals surface area contributed by atoms with Gasteiger partial charge in [-0.05, 0) is 42.5 Å². The fourth-order valence-electron chi connectivity index (χ4n) is 2.79. The predicted octanol–water partition coefficient (Wildman–Crippen LogP) is 4.49. The molecular weight excluding hydrogens is 336 g/mol. The summed E-state index contributed by atoms with van der Waals surface area (Å²) in [6, 6.07) is 6.61. The molecule has 1 saturated heterocycles. The van der Waals surface area contributed by atoms with Crippen molar-refractivity contribution < 1.29 is 0 Å². The van der Waals surface area contributed by atoms with Crippen LogP contribution in [0.1, 0.15) is 38.3 Å². The number of hydrogen-bond acceptors (Lipinski definition) is 2. The first-order chi connectivity index (χ1) is 9.58. The molecule has 1 aliphatic rings. The van der Waals surface area contributed by atoms with Crippen LogP contribution in [-0.4, -0.2) is 31.1 Å². The van der Waals surface area contributed by atoms with Crippen molar-refractivity contribution in [3.63, 3.8) is 0 Å². The first-order valence-corrected chi connectivity index (χ1v) is 8.64. The van der Waals surface area contributed by atoms with E-state index in [1.54, 1.807) is 0 Å². The van der Waals surface area contributed by atoms with Gasteiger partial charge in [-0.3, -0.25) is 4.90 Å². The summed E-state index contributed by atoms with van der Waals surface area (Å²) in [5.74, 6) is 0.735. The van der Waals surface area contributed by atoms with Crippen LogP contribution in [0.15, 0.2) is 22.7 Å². The van der Waals surface area contributed by atoms with Crippen LogP contribution in [0.2, 0.25) is 5.02 Å². The normalized spacial score (nSPS) is 18.4. The first kappa shape index (κ1) is 16.3. The fraction of sp³-hybridized carbons (Fsp3) is 0.625. The molecule has 0 radical (unpaired) electrons. The molecule has 0 amide bonds. The fourth-order valence-corrected chi connectivity index (χ4v) is 3.48. The average Bonchev–Trinajstić information content (AvgIpc) is 2.43. The van der Waals surface area contributed by atoms with Crippen molar-refractivity contribution in [2.75, 3.05) is 26.2 Å². The monoisotopic (exact) mass is 358 g/mol. The molecule has 1 aliphatic heterocycles. The van der Waals surface area contributed by atoms with Gasteiger partial charge in [-0.15, -0.1) is 0 Å². The number of hydrogen-bond donors (Lipinski definition) is 1. The molecule has 1 aromatic rings. The Balaban J connectivity index is 2.21. The van der Waals surface area contributed by atoms with E-state index in [0.29, 0.717) is 6.04 Å². The Morgan fingerprint density at radius 2 is 1.95 bits per heavy atom. The molecule has 1 aromatic carbocycles. The summed E-state index contributed by atoms with van der Waals surface area (Å²) in [5.41, 5.74) is 1.33. The molecule has 2 rings (SSSR count). The second-order valence-electron chi connectivity index (χ2n) is 5.94. The van der Waals surface area contributed by atoms with Crippen LogP contribution in [0.5, 0.6) is 0 Å². The molecule has 1 fully saturated rings. The standard InChI is InChI=1S/C16H24BrClN2/c1-12(2)3-6-16(20-9-7-19-8-10-20)14-11-13(18)4-5-15(14)17/h4-5,11-12,16,19H,3,6-10H2,1-2H3/t16-/m0/s1. The Morgan fingerprint density at radius 1 is 1.25 bits per heavy atom. The maximum Gasteiger partial charge on any atom is 0.0410 e. The van der Waals surface area contributed by atoms with E-state index < -0.39 is 0 Å². The molecule has 2 nitrogen and oxygen atoms in total. The van der Waals surface area contributed by atoms with Gasteiger partial charge in [0.2, 0.25) is 0 Å². The molecule has 1 heterocycles. The maximum absolute atomic E-state index is 6.21. The third-order valence-corrected chi connectivity index (χ3v) is 4.88. The second kappa shape index (κ2) is 7.79. The van der Waals surface area contributed by atoms with Crippen molar-refractivity contribution >= 4 is 27.5 Å². The smallest absolute Gasteiger partial charge is 0.0410 e. The minimum Gasteiger partial charge on any atom is -0.314 e. The number of halogens is 2. The zero-order chi connectivity index (χ0) is 14.5. The molecule has 0 aromatic heterocycles. The van der Waals surface area contributed by atoms with Gasteiger partial charge in [0.05, 0.1) is 0 Å². The predicted molar refractivity (Wildman–Crippen MR) is 90.4 cm³/mol. The van der Waals surface area contributed by atoms with Crippen LogP contribution in [0, 0.1) is 5.92 Å². The molecule has 0 bridgehead atoms. The average molecular weight is 360 g/mol. The van der Waals surface area contributed by atoms with E-state index in [2.05, 4.69) is 52.1 Å². The highest BCUT2D eigenvalue weighted by Crippen LogP contribution is 2.34. The van der Waals surface area contributed by atoms with Gasteiger partial charge >= 0.3 is 0 Å². The number of nitrogens with zero attached hydrogens (tertiary/aromatic N) is 1. The van der Waals surface area contributed by atoms with Crippen LogP contribution in [0.25, 0.3) is 0 Å². The van der Waals surface area contributed by atoms with E-state index >= 15 is 0 Å². The van der Waals surface area contributed by atoms with Crippen molar-refractivity contribution in [2.45, 2.75) is 32.7 Å². The Hall–Kier alpha value is -0.0900. The topological polar surface area (TPSA) is 15.3 Å². The Morgan fingerprint density at radius 3 is 2.60 bits per heavy atom. The zero-order valence-corrected chi connectivity index (χ0v) is 14.7. The third-order valence-electron chi connectivity index (χ3n) is 3.93. The first-order valence-electron chi connectivity index (χ1n) is 7.47. The summed E-state index contributed by atoms with van der Waals surface area (Å²) in [6.07, 6.45) is 2.43. The van der Waals surface area contributed by atoms with Crippen molar-refractivity contribution in [1.82, 2.24) is 10.2 Å². The number of nitrogens with one attached hydrogen (secondary N) is 1. The lowest BCUT2D eigenvalue weighted by Crippen LogP contribution is -2.45. The van der Waals surface area contributed by atoms with E-state index in [4.69, 9.17) is 11.6 Å². The van der Waals surface area contributed by atoms with Gasteiger partial charge in [0.25, 0.3) is 0 Å². The summed E-state index contributed by atoms with van der Waals surface area (Å²) in [4.78, 5) is 2.59. The van der Waals surface area contributed by atoms with Gasteiger partial charge in [0.1, 0.15) is 0 Å². The molecule has 0 spiro atoms. The number of piperazine rings is 1. The highest BCUT2D eigenvalue weighted by molar-refractivity contribution is 9.10. The van der Waals surface area contributed by atoms with Crippen LogP contribution >= 0.6 is 27.5 Å². The zero-order valence-electron chi connectivity index (χ0n) is 12.3. The highest BCUT2D eigenvalue weighted by Gasteiger charge is 2.24. The summed E-state index contributed by atoms with van der Waals surface area (Å²) in [5, 5.41) is 4.26. The van der Waals surface area contributed by atoms with Crippen molar-refractivity contribution in [3.05, 3.63) is 33.3 Å². The SMILES string of the molecule is CC(C)CC[C@@H](c1cc(Cl)ccc1Br)N1CCNCC1. The molecule has 1 atom stereocenters. The molecular formula is C16H24BrClN2. The molecule has 0 unspecified atom stereocenters. The lowest BCUT2D eigenvalue weighted by atomic mass is 9.96. The highest BCUT2D eigenvalue weighted by atomic mass is 79.9. The molecule has 0 saturated carbocycles. The molecule has 0 aliphatic carbocycles. The molecule has 20 heavy (non-hydrogen) atoms. The quantitative estimate of drug-likeness (QED) is 0.833. The van der Waals surface area contributed by atoms with Crippen LogP contribution in [0.4, 0.5) is 0 Å². The van der Waals surface area contributed by atoms with Gasteiger partial charge in [-0.1, -0.05) is 41.4 Å². The van der Waals surface area contributed by atoms with Crippen LogP contribution in [-0.2, 0) is 0 Å². The van der Waals surface area contributed by atoms with Crippen LogP contribution in [0.3, 0.4) is 0 Å². The summed E-state index contributed by atoms with van der Waals surface area (Å²) in [6.45, 7) is 8.97. The number of rotatable bonds is 5. The molecule has 4 heteroatoms.